The summed E-state index contributed by atoms with van der Waals surface area (Å²) in [6.07, 6.45) is 10.2. The molecule has 1 aliphatic heterocycles. The van der Waals surface area contributed by atoms with E-state index in [1.807, 2.05) is 29.2 Å². The zero-order chi connectivity index (χ0) is 26.4. The number of halogens is 5. The topological polar surface area (TPSA) is 40.0 Å². The second-order valence-corrected chi connectivity index (χ2v) is 10.2. The Morgan fingerprint density at radius 1 is 1.28 bits per heavy atom. The van der Waals surface area contributed by atoms with Crippen LogP contribution >= 0.6 is 34.8 Å². The average Bonchev–Trinajstić information content (AvgIpc) is 3.16. The van der Waals surface area contributed by atoms with E-state index in [1.165, 1.54) is 17.2 Å². The van der Waals surface area contributed by atoms with Crippen LogP contribution in [0.4, 0.5) is 8.78 Å². The van der Waals surface area contributed by atoms with Crippen molar-refractivity contribution in [3.63, 3.8) is 0 Å². The van der Waals surface area contributed by atoms with Gasteiger partial charge in [-0.15, -0.1) is 0 Å². The van der Waals surface area contributed by atoms with Gasteiger partial charge in [0.2, 0.25) is 0 Å². The molecule has 0 bridgehead atoms. The molecule has 0 amide bonds. The number of rotatable bonds is 8. The van der Waals surface area contributed by atoms with Gasteiger partial charge < -0.3 is 4.90 Å². The maximum absolute atomic E-state index is 13.4. The van der Waals surface area contributed by atoms with Gasteiger partial charge in [0, 0.05) is 47.4 Å². The predicted molar refractivity (Wildman–Crippen MR) is 146 cm³/mol. The van der Waals surface area contributed by atoms with Crippen molar-refractivity contribution in [1.82, 2.24) is 9.88 Å². The molecule has 1 aromatic heterocycles. The number of hydrogen-bond acceptors (Lipinski definition) is 2. The van der Waals surface area contributed by atoms with Crippen LogP contribution in [0.25, 0.3) is 0 Å². The van der Waals surface area contributed by atoms with Crippen LogP contribution in [0.3, 0.4) is 0 Å². The molecule has 190 valence electrons. The number of fused-ring (bicyclic) bond motifs is 1. The van der Waals surface area contributed by atoms with Gasteiger partial charge in [-0.3, -0.25) is 10.4 Å². The smallest absolute Gasteiger partial charge is 0.200 e. The van der Waals surface area contributed by atoms with Gasteiger partial charge in [-0.1, -0.05) is 65.3 Å². The Labute approximate surface area is 226 Å². The summed E-state index contributed by atoms with van der Waals surface area (Å²) in [6.45, 7) is 9.89. The Hall–Kier alpha value is -2.43. The Kier molecular flexibility index (Phi) is 9.92. The monoisotopic (exact) mass is 549 g/mol. The van der Waals surface area contributed by atoms with Crippen molar-refractivity contribution in [2.24, 2.45) is 17.8 Å². The van der Waals surface area contributed by atoms with Crippen LogP contribution < -0.4 is 0 Å². The van der Waals surface area contributed by atoms with E-state index in [2.05, 4.69) is 30.8 Å². The minimum atomic E-state index is -1.18. The summed E-state index contributed by atoms with van der Waals surface area (Å²) in [6, 6.07) is 3.80. The molecular formula is C28H28Cl3F2N3. The molecule has 1 N–H and O–H groups in total. The third-order valence-electron chi connectivity index (χ3n) is 6.76. The number of pyridine rings is 1. The van der Waals surface area contributed by atoms with Crippen molar-refractivity contribution >= 4 is 40.6 Å². The highest BCUT2D eigenvalue weighted by atomic mass is 35.5. The number of nitrogens with zero attached hydrogens (tertiary/aromatic N) is 2. The summed E-state index contributed by atoms with van der Waals surface area (Å²) < 4.78 is 26.3. The number of allylic oxidation sites excluding steroid dienone is 6. The maximum atomic E-state index is 13.4. The molecule has 3 nitrogen and oxygen atoms in total. The molecule has 0 radical (unpaired) electrons. The largest absolute Gasteiger partial charge is 0.356 e. The Balaban J connectivity index is 1.90. The molecule has 1 saturated heterocycles. The van der Waals surface area contributed by atoms with Crippen LogP contribution in [-0.4, -0.2) is 28.8 Å². The quantitative estimate of drug-likeness (QED) is 0.260. The normalized spacial score (nSPS) is 24.5. The summed E-state index contributed by atoms with van der Waals surface area (Å²) in [5.41, 5.74) is 6.21. The van der Waals surface area contributed by atoms with E-state index in [0.717, 1.165) is 18.5 Å². The number of amidine groups is 1. The van der Waals surface area contributed by atoms with E-state index in [9.17, 15) is 8.78 Å². The maximum Gasteiger partial charge on any atom is 0.200 e. The van der Waals surface area contributed by atoms with E-state index in [1.54, 1.807) is 12.3 Å². The van der Waals surface area contributed by atoms with Gasteiger partial charge in [-0.05, 0) is 67.5 Å². The molecule has 1 aliphatic carbocycles. The summed E-state index contributed by atoms with van der Waals surface area (Å²) in [7, 11) is 0. The van der Waals surface area contributed by atoms with E-state index >= 15 is 0 Å². The number of nitrogens with one attached hydrogen (secondary N) is 1. The summed E-state index contributed by atoms with van der Waals surface area (Å²) in [5.74, 6) is -1.34. The Morgan fingerprint density at radius 2 is 2.03 bits per heavy atom. The molecule has 2 heterocycles. The van der Waals surface area contributed by atoms with Gasteiger partial charge in [0.05, 0.1) is 10.9 Å². The molecule has 2 fully saturated rings. The van der Waals surface area contributed by atoms with E-state index < -0.39 is 11.7 Å². The lowest BCUT2D eigenvalue weighted by atomic mass is 9.64. The van der Waals surface area contributed by atoms with Crippen LogP contribution in [0, 0.1) is 23.2 Å². The molecule has 8 heteroatoms. The van der Waals surface area contributed by atoms with Crippen molar-refractivity contribution in [1.29, 1.82) is 5.41 Å². The molecule has 0 aromatic carbocycles. The number of aromatic nitrogens is 1. The van der Waals surface area contributed by atoms with Gasteiger partial charge in [-0.2, -0.15) is 4.39 Å². The minimum Gasteiger partial charge on any atom is -0.356 e. The first-order chi connectivity index (χ1) is 17.1. The standard InChI is InChI=1S/C28H28Cl3F2N3/c1-17(4-10-25(33)19(3)32)15-36-16-24-23(28(36)34)9-8-22(18(2)5-6-20(30)12-13-29)27(24)26-11-7-21(31)14-35-26/h4-7,11-14,22-24,27,34H,1,3,8-9,15-16H2,2H3/b13-12+,18-5+,20-6+,34-28?. The fraction of sp³-hybridized carbons (Fsp3) is 0.321. The van der Waals surface area contributed by atoms with Crippen molar-refractivity contribution < 1.29 is 8.78 Å². The summed E-state index contributed by atoms with van der Waals surface area (Å²) in [4.78, 5) is 6.60. The fourth-order valence-corrected chi connectivity index (χ4v) is 5.56. The average molecular weight is 551 g/mol. The molecule has 2 aliphatic rings. The number of likely N-dealkylation sites (tertiary alicyclic amines) is 1. The third kappa shape index (κ3) is 6.86. The van der Waals surface area contributed by atoms with Gasteiger partial charge in [0.15, 0.2) is 11.7 Å². The predicted octanol–water partition coefficient (Wildman–Crippen LogP) is 8.62. The minimum absolute atomic E-state index is 0.0597. The zero-order valence-corrected chi connectivity index (χ0v) is 22.2. The fourth-order valence-electron chi connectivity index (χ4n) is 5.12. The molecule has 36 heavy (non-hydrogen) atoms. The molecule has 0 spiro atoms. The molecule has 4 unspecified atom stereocenters. The van der Waals surface area contributed by atoms with Crippen molar-refractivity contribution in [3.8, 4) is 0 Å². The molecule has 3 rings (SSSR count). The van der Waals surface area contributed by atoms with Crippen LogP contribution in [0.5, 0.6) is 0 Å². The van der Waals surface area contributed by atoms with Gasteiger partial charge in [0.25, 0.3) is 0 Å². The molecule has 1 aromatic rings. The summed E-state index contributed by atoms with van der Waals surface area (Å²) in [5, 5.41) is 9.94. The molecule has 4 atom stereocenters. The lowest BCUT2D eigenvalue weighted by Crippen LogP contribution is -2.34. The first-order valence-corrected chi connectivity index (χ1v) is 12.7. The van der Waals surface area contributed by atoms with Crippen LogP contribution in [0.2, 0.25) is 5.02 Å². The lowest BCUT2D eigenvalue weighted by Gasteiger charge is -2.39. The van der Waals surface area contributed by atoms with Crippen molar-refractivity contribution in [2.45, 2.75) is 25.7 Å². The van der Waals surface area contributed by atoms with E-state index in [-0.39, 0.29) is 23.7 Å². The van der Waals surface area contributed by atoms with Crippen LogP contribution in [-0.2, 0) is 0 Å². The van der Waals surface area contributed by atoms with Gasteiger partial charge in [0.1, 0.15) is 0 Å². The SMILES string of the molecule is C=C(C=C=C(F)C(=C)F)CN1CC2C(CCC(/C(C)=C/C=C(Cl)\C=C\Cl)C2c2ccc(Cl)cn2)C1=N. The summed E-state index contributed by atoms with van der Waals surface area (Å²) >= 11 is 17.9. The number of hydrogen-bond donors (Lipinski definition) is 1. The van der Waals surface area contributed by atoms with Crippen LogP contribution in [0.15, 0.2) is 94.9 Å². The second-order valence-electron chi connectivity index (χ2n) is 9.07. The van der Waals surface area contributed by atoms with Gasteiger partial charge >= 0.3 is 0 Å². The second kappa shape index (κ2) is 12.7. The first kappa shape index (κ1) is 28.1. The van der Waals surface area contributed by atoms with Crippen molar-refractivity contribution in [2.75, 3.05) is 13.1 Å². The highest BCUT2D eigenvalue weighted by Crippen LogP contribution is 2.51. The third-order valence-corrected chi connectivity index (χ3v) is 7.36. The highest BCUT2D eigenvalue weighted by Gasteiger charge is 2.48. The Bertz CT molecular complexity index is 1180. The highest BCUT2D eigenvalue weighted by molar-refractivity contribution is 6.33. The molecular weight excluding hydrogens is 523 g/mol. The van der Waals surface area contributed by atoms with Gasteiger partial charge in [-0.25, -0.2) is 4.39 Å². The molecule has 1 saturated carbocycles. The van der Waals surface area contributed by atoms with E-state index in [4.69, 9.17) is 40.2 Å². The lowest BCUT2D eigenvalue weighted by molar-refractivity contribution is 0.211. The Morgan fingerprint density at radius 3 is 2.67 bits per heavy atom. The van der Waals surface area contributed by atoms with E-state index in [0.29, 0.717) is 34.6 Å². The van der Waals surface area contributed by atoms with Crippen LogP contribution in [0.1, 0.15) is 31.4 Å². The van der Waals surface area contributed by atoms with Crippen molar-refractivity contribution in [3.05, 3.63) is 106 Å². The first-order valence-electron chi connectivity index (χ1n) is 11.5. The zero-order valence-electron chi connectivity index (χ0n) is 20.0.